The smallest absolute Gasteiger partial charge is 0.292 e. The van der Waals surface area contributed by atoms with E-state index in [1.165, 1.54) is 0 Å². The minimum absolute atomic E-state index is 0.148. The van der Waals surface area contributed by atoms with Crippen molar-refractivity contribution in [2.75, 3.05) is 13.4 Å². The van der Waals surface area contributed by atoms with Crippen LogP contribution in [0.4, 0.5) is 0 Å². The lowest BCUT2D eigenvalue weighted by Gasteiger charge is -2.15. The molecule has 0 aromatic heterocycles. The zero-order valence-electron chi connectivity index (χ0n) is 15.8. The van der Waals surface area contributed by atoms with Gasteiger partial charge in [0, 0.05) is 5.56 Å². The topological polar surface area (TPSA) is 69.2 Å². The van der Waals surface area contributed by atoms with Gasteiger partial charge in [0.05, 0.1) is 12.6 Å². The van der Waals surface area contributed by atoms with E-state index in [2.05, 4.69) is 10.3 Å². The second-order valence-electron chi connectivity index (χ2n) is 6.75. The molecule has 1 amide bonds. The second-order valence-corrected chi connectivity index (χ2v) is 6.75. The van der Waals surface area contributed by atoms with E-state index in [0.29, 0.717) is 29.6 Å². The summed E-state index contributed by atoms with van der Waals surface area (Å²) in [5, 5.41) is 2.77. The number of aliphatic imine (C=N–C) groups is 1. The van der Waals surface area contributed by atoms with Gasteiger partial charge in [0.25, 0.3) is 11.9 Å². The summed E-state index contributed by atoms with van der Waals surface area (Å²) in [6.07, 6.45) is 0. The van der Waals surface area contributed by atoms with E-state index < -0.39 is 0 Å². The lowest BCUT2D eigenvalue weighted by Crippen LogP contribution is -2.33. The Balaban J connectivity index is 1.76. The molecule has 1 atom stereocenters. The van der Waals surface area contributed by atoms with Gasteiger partial charge in [-0.3, -0.25) is 10.1 Å². The molecule has 27 heavy (non-hydrogen) atoms. The van der Waals surface area contributed by atoms with E-state index in [1.54, 1.807) is 18.2 Å². The monoisotopic (exact) mass is 368 g/mol. The summed E-state index contributed by atoms with van der Waals surface area (Å²) in [5.74, 6) is 1.19. The number of amidine groups is 1. The molecule has 0 aliphatic carbocycles. The molecule has 6 heteroatoms. The Kier molecular flexibility index (Phi) is 5.96. The molecule has 2 aromatic carbocycles. The van der Waals surface area contributed by atoms with Crippen molar-refractivity contribution >= 4 is 11.9 Å². The molecule has 6 nitrogen and oxygen atoms in total. The highest BCUT2D eigenvalue weighted by Gasteiger charge is 2.18. The third kappa shape index (κ3) is 5.00. The van der Waals surface area contributed by atoms with Crippen LogP contribution in [0.5, 0.6) is 11.5 Å². The van der Waals surface area contributed by atoms with Crippen molar-refractivity contribution in [3.63, 3.8) is 0 Å². The zero-order valence-corrected chi connectivity index (χ0v) is 15.8. The zero-order chi connectivity index (χ0) is 19.2. The molecule has 0 radical (unpaired) electrons. The number of rotatable bonds is 5. The van der Waals surface area contributed by atoms with Crippen molar-refractivity contribution in [1.29, 1.82) is 0 Å². The van der Waals surface area contributed by atoms with Crippen molar-refractivity contribution in [2.45, 2.75) is 26.8 Å². The van der Waals surface area contributed by atoms with Gasteiger partial charge < -0.3 is 14.2 Å². The fourth-order valence-corrected chi connectivity index (χ4v) is 2.54. The van der Waals surface area contributed by atoms with Crippen LogP contribution in [-0.2, 0) is 4.74 Å². The van der Waals surface area contributed by atoms with Crippen LogP contribution in [0.2, 0.25) is 0 Å². The summed E-state index contributed by atoms with van der Waals surface area (Å²) in [7, 11) is 0. The molecule has 0 bridgehead atoms. The number of hydrogen-bond donors (Lipinski definition) is 1. The molecule has 3 rings (SSSR count). The van der Waals surface area contributed by atoms with E-state index >= 15 is 0 Å². The fraction of sp³-hybridized carbons (Fsp3) is 0.333. The maximum Gasteiger partial charge on any atom is 0.292 e. The first-order chi connectivity index (χ1) is 13.0. The molecule has 142 valence electrons. The van der Waals surface area contributed by atoms with Crippen LogP contribution in [0.1, 0.15) is 42.7 Å². The first kappa shape index (κ1) is 18.8. The minimum atomic E-state index is -0.309. The molecule has 2 aromatic rings. The summed E-state index contributed by atoms with van der Waals surface area (Å²) < 4.78 is 16.4. The number of carbonyl (C=O) groups excluding carboxylic acids is 1. The van der Waals surface area contributed by atoms with E-state index in [-0.39, 0.29) is 24.8 Å². The molecule has 0 spiro atoms. The molecule has 1 aliphatic rings. The van der Waals surface area contributed by atoms with Gasteiger partial charge in [-0.2, -0.15) is 0 Å². The molecule has 0 fully saturated rings. The molecule has 0 unspecified atom stereocenters. The molecular formula is C21H24N2O4. The molecule has 1 heterocycles. The molecular weight excluding hydrogens is 344 g/mol. The summed E-state index contributed by atoms with van der Waals surface area (Å²) >= 11 is 0. The second kappa shape index (κ2) is 8.58. The fourth-order valence-electron chi connectivity index (χ4n) is 2.54. The molecule has 1 aliphatic heterocycles. The summed E-state index contributed by atoms with van der Waals surface area (Å²) in [6, 6.07) is 15.0. The number of carbonyl (C=O) groups is 1. The maximum absolute atomic E-state index is 12.6. The number of hydrogen-bond acceptors (Lipinski definition) is 5. The average molecular weight is 368 g/mol. The minimum Gasteiger partial charge on any atom is -0.465 e. The van der Waals surface area contributed by atoms with Crippen LogP contribution in [0, 0.1) is 5.92 Å². The van der Waals surface area contributed by atoms with Crippen molar-refractivity contribution in [1.82, 2.24) is 5.32 Å². The Hall–Kier alpha value is -3.02. The predicted octanol–water partition coefficient (Wildman–Crippen LogP) is 3.93. The van der Waals surface area contributed by atoms with Crippen LogP contribution in [0.25, 0.3) is 0 Å². The van der Waals surface area contributed by atoms with Gasteiger partial charge in [0.15, 0.2) is 11.5 Å². The predicted molar refractivity (Wildman–Crippen MR) is 103 cm³/mol. The van der Waals surface area contributed by atoms with Crippen molar-refractivity contribution in [3.05, 3.63) is 59.7 Å². The lowest BCUT2D eigenvalue weighted by molar-refractivity contribution is 0.0962. The van der Waals surface area contributed by atoms with Crippen LogP contribution in [-0.4, -0.2) is 25.3 Å². The van der Waals surface area contributed by atoms with Crippen LogP contribution in [0.3, 0.4) is 0 Å². The summed E-state index contributed by atoms with van der Waals surface area (Å²) in [5.41, 5.74) is 1.49. The lowest BCUT2D eigenvalue weighted by atomic mass is 10.1. The Bertz CT molecular complexity index is 818. The molecule has 1 N–H and O–H groups in total. The van der Waals surface area contributed by atoms with Crippen molar-refractivity contribution in [3.8, 4) is 11.5 Å². The van der Waals surface area contributed by atoms with Gasteiger partial charge in [-0.05, 0) is 36.6 Å². The molecule has 0 saturated carbocycles. The quantitative estimate of drug-likeness (QED) is 0.641. The van der Waals surface area contributed by atoms with E-state index in [0.717, 1.165) is 5.56 Å². The highest BCUT2D eigenvalue weighted by molar-refractivity contribution is 6.04. The van der Waals surface area contributed by atoms with Gasteiger partial charge in [-0.1, -0.05) is 44.2 Å². The van der Waals surface area contributed by atoms with Gasteiger partial charge in [-0.15, -0.1) is 0 Å². The largest absolute Gasteiger partial charge is 0.465 e. The average Bonchev–Trinajstić information content (AvgIpc) is 3.14. The summed E-state index contributed by atoms with van der Waals surface area (Å²) in [6.45, 7) is 6.66. The van der Waals surface area contributed by atoms with Gasteiger partial charge in [0.1, 0.15) is 0 Å². The first-order valence-electron chi connectivity index (χ1n) is 8.99. The van der Waals surface area contributed by atoms with Gasteiger partial charge >= 0.3 is 0 Å². The van der Waals surface area contributed by atoms with Crippen molar-refractivity contribution in [2.24, 2.45) is 10.9 Å². The third-order valence-corrected chi connectivity index (χ3v) is 4.00. The Morgan fingerprint density at radius 1 is 1.11 bits per heavy atom. The highest BCUT2D eigenvalue weighted by Crippen LogP contribution is 2.32. The normalized spacial score (nSPS) is 14.1. The van der Waals surface area contributed by atoms with E-state index in [1.807, 2.05) is 51.1 Å². The van der Waals surface area contributed by atoms with E-state index in [9.17, 15) is 4.79 Å². The van der Waals surface area contributed by atoms with Crippen LogP contribution in [0.15, 0.2) is 53.5 Å². The summed E-state index contributed by atoms with van der Waals surface area (Å²) in [4.78, 5) is 17.2. The Morgan fingerprint density at radius 2 is 1.85 bits per heavy atom. The van der Waals surface area contributed by atoms with Crippen LogP contribution >= 0.6 is 0 Å². The number of nitrogens with one attached hydrogen (secondary N) is 1. The number of nitrogens with zero attached hydrogens (tertiary/aromatic N) is 1. The standard InChI is InChI=1S/C21H24N2O4/c1-14(2)12-25-21(22-15(3)16-7-5-4-6-8-16)23-20(24)17-9-10-18-19(11-17)27-13-26-18/h4-11,14-15H,12-13H2,1-3H3,(H,22,23,24)/t15-/m1/s1. The number of ether oxygens (including phenoxy) is 3. The third-order valence-electron chi connectivity index (χ3n) is 4.00. The Morgan fingerprint density at radius 3 is 2.59 bits per heavy atom. The SMILES string of the molecule is CC(C)COC(=N[C@H](C)c1ccccc1)NC(=O)c1ccc2c(c1)OCO2. The van der Waals surface area contributed by atoms with Crippen LogP contribution < -0.4 is 14.8 Å². The maximum atomic E-state index is 12.6. The highest BCUT2D eigenvalue weighted by atomic mass is 16.7. The number of amides is 1. The molecule has 0 saturated heterocycles. The number of benzene rings is 2. The van der Waals surface area contributed by atoms with E-state index in [4.69, 9.17) is 14.2 Å². The van der Waals surface area contributed by atoms with Gasteiger partial charge in [0.2, 0.25) is 6.79 Å². The van der Waals surface area contributed by atoms with Gasteiger partial charge in [-0.25, -0.2) is 4.99 Å². The Labute approximate surface area is 159 Å². The first-order valence-corrected chi connectivity index (χ1v) is 8.99. The van der Waals surface area contributed by atoms with Crippen molar-refractivity contribution < 1.29 is 19.0 Å². The number of fused-ring (bicyclic) bond motifs is 1.